The Labute approximate surface area is 148 Å². The van der Waals surface area contributed by atoms with Crippen molar-refractivity contribution in [3.63, 3.8) is 0 Å². The van der Waals surface area contributed by atoms with Gasteiger partial charge in [0.1, 0.15) is 5.69 Å². The lowest BCUT2D eigenvalue weighted by atomic mass is 9.95. The molecule has 0 radical (unpaired) electrons. The zero-order valence-electron chi connectivity index (χ0n) is 15.1. The molecule has 3 rings (SSSR count). The second-order valence-corrected chi connectivity index (χ2v) is 6.86. The molecule has 2 aromatic rings. The predicted molar refractivity (Wildman–Crippen MR) is 95.5 cm³/mol. The highest BCUT2D eigenvalue weighted by Crippen LogP contribution is 2.20. The van der Waals surface area contributed by atoms with E-state index in [0.717, 1.165) is 12.1 Å². The van der Waals surface area contributed by atoms with Crippen LogP contribution in [0.4, 0.5) is 0 Å². The molecule has 1 aliphatic rings. The van der Waals surface area contributed by atoms with Gasteiger partial charge in [0, 0.05) is 24.9 Å². The summed E-state index contributed by atoms with van der Waals surface area (Å²) in [4.78, 5) is 16.8. The average Bonchev–Trinajstić information content (AvgIpc) is 3.23. The van der Waals surface area contributed by atoms with Crippen LogP contribution in [0.25, 0.3) is 0 Å². The first-order valence-electron chi connectivity index (χ1n) is 8.93. The number of nitrogens with one attached hydrogen (secondary N) is 1. The van der Waals surface area contributed by atoms with Crippen molar-refractivity contribution in [1.29, 1.82) is 0 Å². The molecule has 25 heavy (non-hydrogen) atoms. The molecule has 1 aliphatic heterocycles. The molecule has 0 spiro atoms. The zero-order valence-corrected chi connectivity index (χ0v) is 15.1. The number of nitrogens with zero attached hydrogens (tertiary/aromatic N) is 3. The third-order valence-corrected chi connectivity index (χ3v) is 4.68. The molecule has 1 saturated heterocycles. The third-order valence-electron chi connectivity index (χ3n) is 4.68. The number of carbonyl (C=O) groups is 1. The van der Waals surface area contributed by atoms with Crippen LogP contribution in [0.1, 0.15) is 48.4 Å². The van der Waals surface area contributed by atoms with Gasteiger partial charge in [0.15, 0.2) is 0 Å². The van der Waals surface area contributed by atoms with Crippen LogP contribution in [0.5, 0.6) is 0 Å². The zero-order chi connectivity index (χ0) is 17.8. The molecule has 1 fully saturated rings. The number of rotatable bonds is 6. The Morgan fingerprint density at radius 1 is 1.36 bits per heavy atom. The fraction of sp³-hybridized carbons (Fsp3) is 0.526. The van der Waals surface area contributed by atoms with E-state index in [-0.39, 0.29) is 17.9 Å². The largest absolute Gasteiger partial charge is 0.379 e. The quantitative estimate of drug-likeness (QED) is 0.875. The Bertz CT molecular complexity index is 711. The summed E-state index contributed by atoms with van der Waals surface area (Å²) in [5.74, 6) is 0.499. The van der Waals surface area contributed by atoms with Crippen LogP contribution in [0.2, 0.25) is 0 Å². The molecule has 6 nitrogen and oxygen atoms in total. The minimum atomic E-state index is -0.0727. The van der Waals surface area contributed by atoms with Gasteiger partial charge in [-0.1, -0.05) is 13.8 Å². The molecule has 6 heteroatoms. The standard InChI is InChI=1S/C19H26N4O2/c1-4-23-18(10-16(22-23)13(2)3)19(24)21-17-12-25-11-15(17)9-14-5-7-20-8-6-14/h5-8,10,13,15,17H,4,9,11-12H2,1-3H3,(H,21,24)/t15-,17+/m1/s1. The topological polar surface area (TPSA) is 69.0 Å². The predicted octanol–water partition coefficient (Wildman–Crippen LogP) is 2.41. The van der Waals surface area contributed by atoms with E-state index in [1.165, 1.54) is 5.56 Å². The van der Waals surface area contributed by atoms with Gasteiger partial charge in [0.05, 0.1) is 24.9 Å². The normalized spacial score (nSPS) is 20.2. The summed E-state index contributed by atoms with van der Waals surface area (Å²) in [5.41, 5.74) is 2.79. The van der Waals surface area contributed by atoms with Gasteiger partial charge in [-0.25, -0.2) is 0 Å². The first-order chi connectivity index (χ1) is 12.1. The van der Waals surface area contributed by atoms with Crippen LogP contribution in [0, 0.1) is 5.92 Å². The van der Waals surface area contributed by atoms with Gasteiger partial charge < -0.3 is 10.1 Å². The highest BCUT2D eigenvalue weighted by atomic mass is 16.5. The molecule has 0 aromatic carbocycles. The lowest BCUT2D eigenvalue weighted by Crippen LogP contribution is -2.41. The van der Waals surface area contributed by atoms with Crippen molar-refractivity contribution < 1.29 is 9.53 Å². The van der Waals surface area contributed by atoms with Crippen LogP contribution in [-0.2, 0) is 17.7 Å². The van der Waals surface area contributed by atoms with E-state index < -0.39 is 0 Å². The van der Waals surface area contributed by atoms with E-state index in [4.69, 9.17) is 4.74 Å². The lowest BCUT2D eigenvalue weighted by molar-refractivity contribution is 0.0914. The molecule has 0 aliphatic carbocycles. The Morgan fingerprint density at radius 2 is 2.12 bits per heavy atom. The van der Waals surface area contributed by atoms with Crippen molar-refractivity contribution in [2.45, 2.75) is 45.7 Å². The monoisotopic (exact) mass is 342 g/mol. The maximum absolute atomic E-state index is 12.8. The molecule has 2 atom stereocenters. The van der Waals surface area contributed by atoms with Gasteiger partial charge in [-0.05, 0) is 43.0 Å². The van der Waals surface area contributed by atoms with Crippen LogP contribution >= 0.6 is 0 Å². The number of pyridine rings is 1. The van der Waals surface area contributed by atoms with Gasteiger partial charge in [0.25, 0.3) is 5.91 Å². The van der Waals surface area contributed by atoms with E-state index in [1.807, 2.05) is 25.1 Å². The highest BCUT2D eigenvalue weighted by Gasteiger charge is 2.30. The molecule has 0 bridgehead atoms. The van der Waals surface area contributed by atoms with Crippen molar-refractivity contribution >= 4 is 5.91 Å². The fourth-order valence-corrected chi connectivity index (χ4v) is 3.17. The second-order valence-electron chi connectivity index (χ2n) is 6.86. The number of hydrogen-bond acceptors (Lipinski definition) is 4. The summed E-state index contributed by atoms with van der Waals surface area (Å²) in [6.07, 6.45) is 4.47. The maximum atomic E-state index is 12.8. The van der Waals surface area contributed by atoms with Crippen molar-refractivity contribution in [3.05, 3.63) is 47.5 Å². The minimum Gasteiger partial charge on any atom is -0.379 e. The van der Waals surface area contributed by atoms with Gasteiger partial charge >= 0.3 is 0 Å². The van der Waals surface area contributed by atoms with Gasteiger partial charge in [-0.15, -0.1) is 0 Å². The number of hydrogen-bond donors (Lipinski definition) is 1. The Kier molecular flexibility index (Phi) is 5.48. The SMILES string of the molecule is CCn1nc(C(C)C)cc1C(=O)N[C@H]1COC[C@H]1Cc1ccncc1. The van der Waals surface area contributed by atoms with Crippen molar-refractivity contribution in [2.24, 2.45) is 5.92 Å². The summed E-state index contributed by atoms with van der Waals surface area (Å²) in [5, 5.41) is 7.68. The molecule has 1 amide bonds. The Morgan fingerprint density at radius 3 is 2.80 bits per heavy atom. The molecule has 0 unspecified atom stereocenters. The number of carbonyl (C=O) groups excluding carboxylic acids is 1. The smallest absolute Gasteiger partial charge is 0.269 e. The molecule has 0 saturated carbocycles. The van der Waals surface area contributed by atoms with Crippen LogP contribution in [-0.4, -0.2) is 39.9 Å². The van der Waals surface area contributed by atoms with Crippen molar-refractivity contribution in [1.82, 2.24) is 20.1 Å². The van der Waals surface area contributed by atoms with E-state index in [0.29, 0.717) is 31.4 Å². The first kappa shape index (κ1) is 17.6. The van der Waals surface area contributed by atoms with Gasteiger partial charge in [0.2, 0.25) is 0 Å². The molecule has 1 N–H and O–H groups in total. The average molecular weight is 342 g/mol. The van der Waals surface area contributed by atoms with Gasteiger partial charge in [-0.2, -0.15) is 5.10 Å². The van der Waals surface area contributed by atoms with E-state index in [9.17, 15) is 4.79 Å². The maximum Gasteiger partial charge on any atom is 0.269 e. The second kappa shape index (κ2) is 7.78. The molecule has 3 heterocycles. The number of ether oxygens (including phenoxy) is 1. The van der Waals surface area contributed by atoms with Gasteiger partial charge in [-0.3, -0.25) is 14.5 Å². The number of aryl methyl sites for hydroxylation is 1. The lowest BCUT2D eigenvalue weighted by Gasteiger charge is -2.19. The van der Waals surface area contributed by atoms with Crippen molar-refractivity contribution in [3.8, 4) is 0 Å². The van der Waals surface area contributed by atoms with Crippen LogP contribution < -0.4 is 5.32 Å². The first-order valence-corrected chi connectivity index (χ1v) is 8.93. The number of amides is 1. The van der Waals surface area contributed by atoms with Crippen LogP contribution in [0.3, 0.4) is 0 Å². The van der Waals surface area contributed by atoms with E-state index in [1.54, 1.807) is 17.1 Å². The summed E-state index contributed by atoms with van der Waals surface area (Å²) in [6.45, 7) is 8.06. The van der Waals surface area contributed by atoms with E-state index in [2.05, 4.69) is 29.2 Å². The Hall–Kier alpha value is -2.21. The van der Waals surface area contributed by atoms with Crippen molar-refractivity contribution in [2.75, 3.05) is 13.2 Å². The summed E-state index contributed by atoms with van der Waals surface area (Å²) in [6, 6.07) is 5.94. The summed E-state index contributed by atoms with van der Waals surface area (Å²) >= 11 is 0. The Balaban J connectivity index is 1.69. The molecular weight excluding hydrogens is 316 g/mol. The minimum absolute atomic E-state index is 0.0170. The van der Waals surface area contributed by atoms with Crippen LogP contribution in [0.15, 0.2) is 30.6 Å². The fourth-order valence-electron chi connectivity index (χ4n) is 3.17. The summed E-state index contributed by atoms with van der Waals surface area (Å²) < 4.78 is 7.40. The summed E-state index contributed by atoms with van der Waals surface area (Å²) in [7, 11) is 0. The highest BCUT2D eigenvalue weighted by molar-refractivity contribution is 5.93. The third kappa shape index (κ3) is 4.07. The molecule has 2 aromatic heterocycles. The van der Waals surface area contributed by atoms with E-state index >= 15 is 0 Å². The molecular formula is C19H26N4O2. The number of aromatic nitrogens is 3. The molecule has 134 valence electrons.